The van der Waals surface area contributed by atoms with Crippen molar-refractivity contribution in [2.75, 3.05) is 39.4 Å². The smallest absolute Gasteiger partial charge is 0.0594 e. The summed E-state index contributed by atoms with van der Waals surface area (Å²) >= 11 is 0. The number of ether oxygens (including phenoxy) is 1. The quantitative estimate of drug-likeness (QED) is 0.780. The van der Waals surface area contributed by atoms with Gasteiger partial charge in [0.2, 0.25) is 0 Å². The van der Waals surface area contributed by atoms with Crippen molar-refractivity contribution in [2.24, 2.45) is 0 Å². The van der Waals surface area contributed by atoms with E-state index in [0.717, 1.165) is 63.9 Å². The molecule has 1 saturated heterocycles. The Morgan fingerprint density at radius 3 is 2.04 bits per heavy atom. The summed E-state index contributed by atoms with van der Waals surface area (Å²) in [7, 11) is 0. The molecule has 0 amide bonds. The van der Waals surface area contributed by atoms with E-state index < -0.39 is 0 Å². The van der Waals surface area contributed by atoms with E-state index in [1.165, 1.54) is 0 Å². The first-order valence-electron chi connectivity index (χ1n) is 8.22. The molecule has 0 spiro atoms. The first kappa shape index (κ1) is 16.1. The molecule has 2 aromatic heterocycles. The SMILES string of the molecule is c1ccc(CN(CCN2CCOCC2)Cc2ccccn2)nc1. The van der Waals surface area contributed by atoms with Crippen molar-refractivity contribution >= 4 is 0 Å². The minimum atomic E-state index is 0.848. The maximum atomic E-state index is 5.42. The van der Waals surface area contributed by atoms with Crippen LogP contribution in [0.15, 0.2) is 48.8 Å². The molecule has 1 fully saturated rings. The van der Waals surface area contributed by atoms with Crippen LogP contribution in [0.2, 0.25) is 0 Å². The number of rotatable bonds is 7. The molecule has 3 rings (SSSR count). The summed E-state index contributed by atoms with van der Waals surface area (Å²) < 4.78 is 5.42. The van der Waals surface area contributed by atoms with Crippen LogP contribution < -0.4 is 0 Å². The molecule has 5 nitrogen and oxygen atoms in total. The Hall–Kier alpha value is -1.82. The minimum Gasteiger partial charge on any atom is -0.379 e. The van der Waals surface area contributed by atoms with Gasteiger partial charge in [0.25, 0.3) is 0 Å². The average molecular weight is 312 g/mol. The average Bonchev–Trinajstić information content (AvgIpc) is 2.62. The van der Waals surface area contributed by atoms with Crippen LogP contribution in [-0.4, -0.2) is 59.2 Å². The Morgan fingerprint density at radius 2 is 1.52 bits per heavy atom. The highest BCUT2D eigenvalue weighted by Gasteiger charge is 2.14. The minimum absolute atomic E-state index is 0.848. The first-order chi connectivity index (χ1) is 11.4. The molecule has 2 aromatic rings. The predicted octanol–water partition coefficient (Wildman–Crippen LogP) is 1.81. The number of nitrogens with zero attached hydrogens (tertiary/aromatic N) is 4. The maximum Gasteiger partial charge on any atom is 0.0594 e. The van der Waals surface area contributed by atoms with Crippen LogP contribution >= 0.6 is 0 Å². The maximum absolute atomic E-state index is 5.42. The summed E-state index contributed by atoms with van der Waals surface area (Å²) in [5.41, 5.74) is 2.20. The topological polar surface area (TPSA) is 41.5 Å². The highest BCUT2D eigenvalue weighted by atomic mass is 16.5. The van der Waals surface area contributed by atoms with E-state index >= 15 is 0 Å². The molecule has 23 heavy (non-hydrogen) atoms. The summed E-state index contributed by atoms with van der Waals surface area (Å²) in [6.45, 7) is 7.52. The van der Waals surface area contributed by atoms with E-state index in [2.05, 4.69) is 31.9 Å². The van der Waals surface area contributed by atoms with Gasteiger partial charge in [0.05, 0.1) is 24.6 Å². The predicted molar refractivity (Wildman–Crippen MR) is 89.8 cm³/mol. The second-order valence-corrected chi connectivity index (χ2v) is 5.81. The van der Waals surface area contributed by atoms with E-state index in [1.54, 1.807) is 0 Å². The molecule has 0 radical (unpaired) electrons. The lowest BCUT2D eigenvalue weighted by Crippen LogP contribution is -2.41. The van der Waals surface area contributed by atoms with E-state index in [1.807, 2.05) is 36.7 Å². The van der Waals surface area contributed by atoms with Crippen molar-refractivity contribution < 1.29 is 4.74 Å². The van der Waals surface area contributed by atoms with E-state index in [0.29, 0.717) is 0 Å². The van der Waals surface area contributed by atoms with Gasteiger partial charge in [-0.2, -0.15) is 0 Å². The molecule has 122 valence electrons. The third-order valence-electron chi connectivity index (χ3n) is 4.06. The first-order valence-corrected chi connectivity index (χ1v) is 8.22. The van der Waals surface area contributed by atoms with Gasteiger partial charge in [-0.15, -0.1) is 0 Å². The lowest BCUT2D eigenvalue weighted by molar-refractivity contribution is 0.0323. The summed E-state index contributed by atoms with van der Waals surface area (Å²) in [6, 6.07) is 12.2. The van der Waals surface area contributed by atoms with E-state index in [-0.39, 0.29) is 0 Å². The van der Waals surface area contributed by atoms with Crippen LogP contribution in [0.1, 0.15) is 11.4 Å². The molecule has 0 aliphatic carbocycles. The molecule has 0 bridgehead atoms. The standard InChI is InChI=1S/C18H24N4O/c1-3-7-19-17(5-1)15-22(16-18-6-2-4-8-20-18)10-9-21-11-13-23-14-12-21/h1-8H,9-16H2. The summed E-state index contributed by atoms with van der Waals surface area (Å²) in [4.78, 5) is 13.8. The van der Waals surface area contributed by atoms with Gasteiger partial charge in [-0.1, -0.05) is 12.1 Å². The molecule has 3 heterocycles. The Kier molecular flexibility index (Phi) is 6.09. The zero-order valence-corrected chi connectivity index (χ0v) is 13.5. The molecule has 1 aliphatic heterocycles. The third kappa shape index (κ3) is 5.39. The Labute approximate surface area is 137 Å². The van der Waals surface area contributed by atoms with E-state index in [4.69, 9.17) is 4.74 Å². The number of morpholine rings is 1. The lowest BCUT2D eigenvalue weighted by atomic mass is 10.2. The van der Waals surface area contributed by atoms with Crippen molar-refractivity contribution in [3.8, 4) is 0 Å². The fourth-order valence-corrected chi connectivity index (χ4v) is 2.76. The van der Waals surface area contributed by atoms with Crippen LogP contribution in [-0.2, 0) is 17.8 Å². The van der Waals surface area contributed by atoms with Crippen molar-refractivity contribution in [3.63, 3.8) is 0 Å². The van der Waals surface area contributed by atoms with Gasteiger partial charge in [-0.25, -0.2) is 0 Å². The summed E-state index contributed by atoms with van der Waals surface area (Å²) in [6.07, 6.45) is 3.71. The van der Waals surface area contributed by atoms with Crippen molar-refractivity contribution in [3.05, 3.63) is 60.2 Å². The van der Waals surface area contributed by atoms with E-state index in [9.17, 15) is 0 Å². The summed E-state index contributed by atoms with van der Waals surface area (Å²) in [5, 5.41) is 0. The number of pyridine rings is 2. The van der Waals surface area contributed by atoms with Crippen LogP contribution in [0.3, 0.4) is 0 Å². The van der Waals surface area contributed by atoms with Gasteiger partial charge in [-0.3, -0.25) is 19.8 Å². The Bertz CT molecular complexity index is 516. The fraction of sp³-hybridized carbons (Fsp3) is 0.444. The molecule has 0 saturated carbocycles. The number of hydrogen-bond donors (Lipinski definition) is 0. The number of aromatic nitrogens is 2. The van der Waals surface area contributed by atoms with Gasteiger partial charge >= 0.3 is 0 Å². The molecule has 0 aromatic carbocycles. The van der Waals surface area contributed by atoms with Crippen LogP contribution in [0.5, 0.6) is 0 Å². The molecule has 0 unspecified atom stereocenters. The lowest BCUT2D eigenvalue weighted by Gasteiger charge is -2.29. The van der Waals surface area contributed by atoms with Crippen LogP contribution in [0.25, 0.3) is 0 Å². The second kappa shape index (κ2) is 8.72. The normalized spacial score (nSPS) is 15.9. The molecule has 1 aliphatic rings. The van der Waals surface area contributed by atoms with Gasteiger partial charge < -0.3 is 4.74 Å². The molecule has 0 atom stereocenters. The van der Waals surface area contributed by atoms with Gasteiger partial charge in [0.15, 0.2) is 0 Å². The van der Waals surface area contributed by atoms with Gasteiger partial charge in [0, 0.05) is 51.7 Å². The third-order valence-corrected chi connectivity index (χ3v) is 4.06. The molecule has 5 heteroatoms. The van der Waals surface area contributed by atoms with Crippen molar-refractivity contribution in [2.45, 2.75) is 13.1 Å². The van der Waals surface area contributed by atoms with Gasteiger partial charge in [-0.05, 0) is 24.3 Å². The molecular formula is C18H24N4O. The Balaban J connectivity index is 1.60. The number of hydrogen-bond acceptors (Lipinski definition) is 5. The largest absolute Gasteiger partial charge is 0.379 e. The highest BCUT2D eigenvalue weighted by Crippen LogP contribution is 2.07. The molecule has 0 N–H and O–H groups in total. The molecular weight excluding hydrogens is 288 g/mol. The zero-order chi connectivity index (χ0) is 15.7. The van der Waals surface area contributed by atoms with Crippen molar-refractivity contribution in [1.29, 1.82) is 0 Å². The zero-order valence-electron chi connectivity index (χ0n) is 13.5. The van der Waals surface area contributed by atoms with Gasteiger partial charge in [0.1, 0.15) is 0 Å². The van der Waals surface area contributed by atoms with Crippen LogP contribution in [0.4, 0.5) is 0 Å². The second-order valence-electron chi connectivity index (χ2n) is 5.81. The monoisotopic (exact) mass is 312 g/mol. The highest BCUT2D eigenvalue weighted by molar-refractivity contribution is 5.06. The van der Waals surface area contributed by atoms with Crippen molar-refractivity contribution in [1.82, 2.24) is 19.8 Å². The summed E-state index contributed by atoms with van der Waals surface area (Å²) in [5.74, 6) is 0. The fourth-order valence-electron chi connectivity index (χ4n) is 2.76. The van der Waals surface area contributed by atoms with Crippen LogP contribution in [0, 0.1) is 0 Å². The Morgan fingerprint density at radius 1 is 0.913 bits per heavy atom.